The number of nitrogens with two attached hydrogens (primary N) is 1. The number of aryl methyl sites for hydroxylation is 2. The van der Waals surface area contributed by atoms with Crippen LogP contribution in [0.3, 0.4) is 0 Å². The van der Waals surface area contributed by atoms with Gasteiger partial charge in [-0.25, -0.2) is 9.97 Å². The van der Waals surface area contributed by atoms with Gasteiger partial charge in [0, 0.05) is 12.7 Å². The lowest BCUT2D eigenvalue weighted by molar-refractivity contribution is 0.661. The fourth-order valence-corrected chi connectivity index (χ4v) is 2.12. The highest BCUT2D eigenvalue weighted by Crippen LogP contribution is 2.19. The number of nitrogen functional groups attached to an aromatic ring is 1. The van der Waals surface area contributed by atoms with Crippen molar-refractivity contribution in [2.24, 2.45) is 0 Å². The first kappa shape index (κ1) is 11.6. The molecule has 0 aliphatic rings. The maximum Gasteiger partial charge on any atom is 0.202 e. The fraction of sp³-hybridized carbons (Fsp3) is 0.333. The summed E-state index contributed by atoms with van der Waals surface area (Å²) in [5.74, 6) is 1.29. The average Bonchev–Trinajstić information content (AvgIpc) is 2.97. The lowest BCUT2D eigenvalue weighted by Gasteiger charge is -2.06. The quantitative estimate of drug-likeness (QED) is 0.755. The minimum Gasteiger partial charge on any atom is -0.369 e. The molecule has 0 bridgehead atoms. The Kier molecular flexibility index (Phi) is 2.66. The summed E-state index contributed by atoms with van der Waals surface area (Å²) in [6.45, 7) is 5.38. The first-order valence-corrected chi connectivity index (χ1v) is 6.14. The average molecular weight is 257 g/mol. The second-order valence-corrected chi connectivity index (χ2v) is 4.39. The van der Waals surface area contributed by atoms with Crippen LogP contribution in [0.5, 0.6) is 0 Å². The van der Waals surface area contributed by atoms with Crippen LogP contribution >= 0.6 is 0 Å². The number of pyridine rings is 1. The SMILES string of the molecule is CCn1cnnc1Cn1c(N)nc2c(C)ccnc21. The number of anilines is 1. The normalized spacial score (nSPS) is 11.3. The van der Waals surface area contributed by atoms with E-state index in [4.69, 9.17) is 5.73 Å². The summed E-state index contributed by atoms with van der Waals surface area (Å²) in [7, 11) is 0. The first-order chi connectivity index (χ1) is 9.20. The van der Waals surface area contributed by atoms with Crippen molar-refractivity contribution in [3.05, 3.63) is 30.0 Å². The Bertz CT molecular complexity index is 725. The van der Waals surface area contributed by atoms with Gasteiger partial charge < -0.3 is 10.3 Å². The van der Waals surface area contributed by atoms with Crippen molar-refractivity contribution in [2.45, 2.75) is 26.9 Å². The summed E-state index contributed by atoms with van der Waals surface area (Å²) >= 11 is 0. The topological polar surface area (TPSA) is 87.4 Å². The van der Waals surface area contributed by atoms with Gasteiger partial charge >= 0.3 is 0 Å². The predicted molar refractivity (Wildman–Crippen MR) is 71.5 cm³/mol. The zero-order valence-corrected chi connectivity index (χ0v) is 10.9. The standard InChI is InChI=1S/C12H15N7/c1-3-18-7-15-17-9(18)6-19-11-10(16-12(19)13)8(2)4-5-14-11/h4-5,7H,3,6H2,1-2H3,(H2,13,16). The number of rotatable bonds is 3. The van der Waals surface area contributed by atoms with Crippen LogP contribution in [0, 0.1) is 6.92 Å². The molecule has 0 aliphatic heterocycles. The highest BCUT2D eigenvalue weighted by molar-refractivity contribution is 5.77. The molecule has 0 amide bonds. The van der Waals surface area contributed by atoms with Crippen molar-refractivity contribution in [1.82, 2.24) is 29.3 Å². The zero-order valence-electron chi connectivity index (χ0n) is 10.9. The second-order valence-electron chi connectivity index (χ2n) is 4.39. The van der Waals surface area contributed by atoms with E-state index < -0.39 is 0 Å². The third kappa shape index (κ3) is 1.83. The van der Waals surface area contributed by atoms with Crippen molar-refractivity contribution < 1.29 is 0 Å². The van der Waals surface area contributed by atoms with E-state index in [1.807, 2.05) is 29.0 Å². The number of hydrogen-bond acceptors (Lipinski definition) is 5. The Hall–Kier alpha value is -2.44. The van der Waals surface area contributed by atoms with Crippen LogP contribution in [0.1, 0.15) is 18.3 Å². The predicted octanol–water partition coefficient (Wildman–Crippen LogP) is 0.982. The van der Waals surface area contributed by atoms with Gasteiger partial charge in [-0.1, -0.05) is 0 Å². The van der Waals surface area contributed by atoms with Crippen molar-refractivity contribution in [1.29, 1.82) is 0 Å². The largest absolute Gasteiger partial charge is 0.369 e. The van der Waals surface area contributed by atoms with Crippen LogP contribution in [0.2, 0.25) is 0 Å². The molecule has 0 unspecified atom stereocenters. The van der Waals surface area contributed by atoms with E-state index in [-0.39, 0.29) is 0 Å². The minimum absolute atomic E-state index is 0.447. The van der Waals surface area contributed by atoms with Gasteiger partial charge in [0.1, 0.15) is 11.8 Å². The van der Waals surface area contributed by atoms with Gasteiger partial charge in [0.25, 0.3) is 0 Å². The van der Waals surface area contributed by atoms with Crippen molar-refractivity contribution in [3.63, 3.8) is 0 Å². The maximum absolute atomic E-state index is 5.98. The number of nitrogens with zero attached hydrogens (tertiary/aromatic N) is 6. The summed E-state index contributed by atoms with van der Waals surface area (Å²) in [6.07, 6.45) is 3.48. The summed E-state index contributed by atoms with van der Waals surface area (Å²) in [4.78, 5) is 8.73. The maximum atomic E-state index is 5.98. The van der Waals surface area contributed by atoms with Crippen LogP contribution < -0.4 is 5.73 Å². The Balaban J connectivity index is 2.10. The summed E-state index contributed by atoms with van der Waals surface area (Å²) in [5, 5.41) is 8.03. The van der Waals surface area contributed by atoms with Gasteiger partial charge in [0.15, 0.2) is 11.5 Å². The van der Waals surface area contributed by atoms with Gasteiger partial charge in [0.2, 0.25) is 5.95 Å². The van der Waals surface area contributed by atoms with Crippen molar-refractivity contribution in [2.75, 3.05) is 5.73 Å². The van der Waals surface area contributed by atoms with Crippen LogP contribution in [0.15, 0.2) is 18.6 Å². The van der Waals surface area contributed by atoms with E-state index in [0.717, 1.165) is 29.1 Å². The van der Waals surface area contributed by atoms with E-state index in [2.05, 4.69) is 20.2 Å². The lowest BCUT2D eigenvalue weighted by Crippen LogP contribution is -2.10. The molecular weight excluding hydrogens is 242 g/mol. The first-order valence-electron chi connectivity index (χ1n) is 6.14. The van der Waals surface area contributed by atoms with E-state index in [1.54, 1.807) is 12.5 Å². The Morgan fingerprint density at radius 3 is 3.00 bits per heavy atom. The molecule has 2 N–H and O–H groups in total. The molecule has 7 heteroatoms. The Labute approximate surface area is 110 Å². The summed E-state index contributed by atoms with van der Waals surface area (Å²) in [5.41, 5.74) is 8.66. The summed E-state index contributed by atoms with van der Waals surface area (Å²) < 4.78 is 3.83. The second kappa shape index (κ2) is 4.34. The molecule has 3 rings (SSSR count). The smallest absolute Gasteiger partial charge is 0.202 e. The van der Waals surface area contributed by atoms with E-state index in [9.17, 15) is 0 Å². The third-order valence-corrected chi connectivity index (χ3v) is 3.20. The van der Waals surface area contributed by atoms with E-state index in [0.29, 0.717) is 12.5 Å². The molecule has 0 saturated heterocycles. The molecule has 3 heterocycles. The van der Waals surface area contributed by atoms with E-state index in [1.165, 1.54) is 0 Å². The molecule has 98 valence electrons. The molecule has 0 radical (unpaired) electrons. The lowest BCUT2D eigenvalue weighted by atomic mass is 10.3. The molecule has 3 aromatic rings. The minimum atomic E-state index is 0.447. The number of aromatic nitrogens is 6. The highest BCUT2D eigenvalue weighted by Gasteiger charge is 2.13. The molecule has 19 heavy (non-hydrogen) atoms. The molecule has 0 spiro atoms. The molecule has 3 aromatic heterocycles. The molecule has 7 nitrogen and oxygen atoms in total. The van der Waals surface area contributed by atoms with Crippen LogP contribution in [-0.4, -0.2) is 29.3 Å². The Morgan fingerprint density at radius 1 is 1.37 bits per heavy atom. The van der Waals surface area contributed by atoms with Crippen molar-refractivity contribution in [3.8, 4) is 0 Å². The molecule has 0 saturated carbocycles. The van der Waals surface area contributed by atoms with Gasteiger partial charge in [-0.2, -0.15) is 0 Å². The van der Waals surface area contributed by atoms with Gasteiger partial charge in [-0.3, -0.25) is 4.57 Å². The molecular formula is C12H15N7. The molecule has 0 fully saturated rings. The van der Waals surface area contributed by atoms with E-state index >= 15 is 0 Å². The summed E-state index contributed by atoms with van der Waals surface area (Å²) in [6, 6.07) is 1.92. The molecule has 0 aliphatic carbocycles. The molecule has 0 aromatic carbocycles. The van der Waals surface area contributed by atoms with Crippen LogP contribution in [-0.2, 0) is 13.1 Å². The zero-order chi connectivity index (χ0) is 13.4. The fourth-order valence-electron chi connectivity index (χ4n) is 2.12. The molecule has 0 atom stereocenters. The van der Waals surface area contributed by atoms with Gasteiger partial charge in [-0.15, -0.1) is 10.2 Å². The number of hydrogen-bond donors (Lipinski definition) is 1. The highest BCUT2D eigenvalue weighted by atomic mass is 15.3. The third-order valence-electron chi connectivity index (χ3n) is 3.20. The van der Waals surface area contributed by atoms with Gasteiger partial charge in [-0.05, 0) is 25.5 Å². The van der Waals surface area contributed by atoms with Crippen LogP contribution in [0.25, 0.3) is 11.2 Å². The van der Waals surface area contributed by atoms with Gasteiger partial charge in [0.05, 0.1) is 6.54 Å². The Morgan fingerprint density at radius 2 is 2.21 bits per heavy atom. The van der Waals surface area contributed by atoms with Crippen LogP contribution in [0.4, 0.5) is 5.95 Å². The van der Waals surface area contributed by atoms with Crippen molar-refractivity contribution >= 4 is 17.1 Å². The monoisotopic (exact) mass is 257 g/mol. The number of imidazole rings is 1. The number of fused-ring (bicyclic) bond motifs is 1.